The molecule has 1 N–H and O–H groups in total. The Morgan fingerprint density at radius 2 is 2.04 bits per heavy atom. The van der Waals surface area contributed by atoms with E-state index in [0.29, 0.717) is 11.7 Å². The van der Waals surface area contributed by atoms with E-state index in [1.807, 2.05) is 30.3 Å². The van der Waals surface area contributed by atoms with Gasteiger partial charge in [0.25, 0.3) is 0 Å². The van der Waals surface area contributed by atoms with Gasteiger partial charge in [-0.2, -0.15) is 0 Å². The number of anilines is 1. The molecule has 0 radical (unpaired) electrons. The summed E-state index contributed by atoms with van der Waals surface area (Å²) >= 11 is 1.34. The topological polar surface area (TPSA) is 68.3 Å². The van der Waals surface area contributed by atoms with Gasteiger partial charge in [0.05, 0.1) is 18.7 Å². The van der Waals surface area contributed by atoms with E-state index >= 15 is 0 Å². The molecule has 3 rings (SSSR count). The Morgan fingerprint density at radius 3 is 2.70 bits per heavy atom. The number of carbonyl (C=O) groups excluding carboxylic acids is 2. The minimum atomic E-state index is -0.284. The predicted octanol–water partition coefficient (Wildman–Crippen LogP) is 3.26. The van der Waals surface area contributed by atoms with Gasteiger partial charge in [-0.25, -0.2) is 4.98 Å². The number of esters is 1. The zero-order chi connectivity index (χ0) is 16.2. The van der Waals surface area contributed by atoms with Gasteiger partial charge in [-0.1, -0.05) is 30.3 Å². The average Bonchev–Trinajstić information content (AvgIpc) is 3.32. The van der Waals surface area contributed by atoms with E-state index < -0.39 is 0 Å². The summed E-state index contributed by atoms with van der Waals surface area (Å²) in [6, 6.07) is 9.65. The molecular formula is C17H18N2O3S. The highest BCUT2D eigenvalue weighted by Crippen LogP contribution is 2.34. The molecule has 6 heteroatoms. The molecule has 1 saturated carbocycles. The van der Waals surface area contributed by atoms with Crippen LogP contribution >= 0.6 is 11.3 Å². The van der Waals surface area contributed by atoms with Crippen molar-refractivity contribution in [3.63, 3.8) is 0 Å². The van der Waals surface area contributed by atoms with Gasteiger partial charge in [-0.05, 0) is 19.8 Å². The van der Waals surface area contributed by atoms with Crippen molar-refractivity contribution in [3.05, 3.63) is 35.2 Å². The lowest BCUT2D eigenvalue weighted by molar-refractivity contribution is -0.142. The van der Waals surface area contributed by atoms with Crippen molar-refractivity contribution in [1.29, 1.82) is 0 Å². The van der Waals surface area contributed by atoms with Crippen LogP contribution in [0.5, 0.6) is 0 Å². The van der Waals surface area contributed by atoms with Crippen molar-refractivity contribution < 1.29 is 14.3 Å². The maximum atomic E-state index is 11.9. The first-order chi connectivity index (χ1) is 11.2. The quantitative estimate of drug-likeness (QED) is 0.826. The maximum absolute atomic E-state index is 11.9. The molecule has 1 fully saturated rings. The molecule has 0 aliphatic heterocycles. The minimum Gasteiger partial charge on any atom is -0.466 e. The van der Waals surface area contributed by atoms with Crippen LogP contribution in [0.4, 0.5) is 5.13 Å². The number of thiazole rings is 1. The summed E-state index contributed by atoms with van der Waals surface area (Å²) in [5, 5.41) is 3.40. The molecule has 1 heterocycles. The summed E-state index contributed by atoms with van der Waals surface area (Å²) in [4.78, 5) is 29.1. The Kier molecular flexibility index (Phi) is 4.71. The van der Waals surface area contributed by atoms with Gasteiger partial charge in [-0.15, -0.1) is 11.3 Å². The molecular weight excluding hydrogens is 312 g/mol. The van der Waals surface area contributed by atoms with Crippen molar-refractivity contribution >= 4 is 28.3 Å². The lowest BCUT2D eigenvalue weighted by atomic mass is 10.1. The van der Waals surface area contributed by atoms with E-state index in [2.05, 4.69) is 10.3 Å². The first-order valence-corrected chi connectivity index (χ1v) is 8.50. The van der Waals surface area contributed by atoms with E-state index in [0.717, 1.165) is 29.0 Å². The largest absolute Gasteiger partial charge is 0.466 e. The van der Waals surface area contributed by atoms with Gasteiger partial charge in [0.2, 0.25) is 5.91 Å². The van der Waals surface area contributed by atoms with Gasteiger partial charge >= 0.3 is 5.97 Å². The normalized spacial score (nSPS) is 13.6. The Morgan fingerprint density at radius 1 is 1.30 bits per heavy atom. The number of ether oxygens (including phenoxy) is 1. The third kappa shape index (κ3) is 3.96. The van der Waals surface area contributed by atoms with Crippen molar-refractivity contribution in [2.75, 3.05) is 11.9 Å². The summed E-state index contributed by atoms with van der Waals surface area (Å²) in [6.45, 7) is 2.13. The van der Waals surface area contributed by atoms with E-state index in [1.165, 1.54) is 11.3 Å². The summed E-state index contributed by atoms with van der Waals surface area (Å²) in [7, 11) is 0. The van der Waals surface area contributed by atoms with E-state index in [4.69, 9.17) is 4.74 Å². The van der Waals surface area contributed by atoms with Crippen LogP contribution in [0.3, 0.4) is 0 Å². The molecule has 0 atom stereocenters. The third-order valence-corrected chi connectivity index (χ3v) is 4.50. The van der Waals surface area contributed by atoms with E-state index in [1.54, 1.807) is 6.92 Å². The second-order valence-corrected chi connectivity index (χ2v) is 6.49. The summed E-state index contributed by atoms with van der Waals surface area (Å²) in [5.41, 5.74) is 1.66. The van der Waals surface area contributed by atoms with Gasteiger partial charge in [0, 0.05) is 16.4 Å². The highest BCUT2D eigenvalue weighted by molar-refractivity contribution is 7.16. The number of carbonyl (C=O) groups is 2. The molecule has 120 valence electrons. The Bertz CT molecular complexity index is 708. The second-order valence-electron chi connectivity index (χ2n) is 5.40. The molecule has 0 saturated heterocycles. The van der Waals surface area contributed by atoms with Gasteiger partial charge in [0.15, 0.2) is 5.13 Å². The molecule has 0 spiro atoms. The van der Waals surface area contributed by atoms with Crippen molar-refractivity contribution in [3.8, 4) is 11.3 Å². The predicted molar refractivity (Wildman–Crippen MR) is 89.2 cm³/mol. The fourth-order valence-corrected chi connectivity index (χ4v) is 3.21. The smallest absolute Gasteiger partial charge is 0.311 e. The minimum absolute atomic E-state index is 0.0149. The zero-order valence-corrected chi connectivity index (χ0v) is 13.7. The standard InChI is InChI=1S/C17H18N2O3S/c1-2-22-14(20)10-13-15(11-6-4-3-5-7-11)18-17(23-13)19-16(21)12-8-9-12/h3-7,12H,2,8-10H2,1H3,(H,18,19,21). The number of hydrogen-bond donors (Lipinski definition) is 1. The molecule has 1 aliphatic rings. The summed E-state index contributed by atoms with van der Waals surface area (Å²) < 4.78 is 5.03. The third-order valence-electron chi connectivity index (χ3n) is 3.53. The van der Waals surface area contributed by atoms with Crippen molar-refractivity contribution in [1.82, 2.24) is 4.98 Å². The van der Waals surface area contributed by atoms with Crippen LogP contribution in [0.15, 0.2) is 30.3 Å². The van der Waals surface area contributed by atoms with Crippen molar-refractivity contribution in [2.24, 2.45) is 5.92 Å². The maximum Gasteiger partial charge on any atom is 0.311 e. The number of nitrogens with one attached hydrogen (secondary N) is 1. The number of aromatic nitrogens is 1. The summed E-state index contributed by atoms with van der Waals surface area (Å²) in [6.07, 6.45) is 2.05. The number of amides is 1. The number of nitrogens with zero attached hydrogens (tertiary/aromatic N) is 1. The molecule has 1 aromatic carbocycles. The molecule has 1 aromatic heterocycles. The van der Waals surface area contributed by atoms with Gasteiger partial charge in [-0.3, -0.25) is 9.59 Å². The SMILES string of the molecule is CCOC(=O)Cc1sc(NC(=O)C2CC2)nc1-c1ccccc1. The number of benzene rings is 1. The first-order valence-electron chi connectivity index (χ1n) is 7.69. The van der Waals surface area contributed by atoms with Crippen LogP contribution < -0.4 is 5.32 Å². The van der Waals surface area contributed by atoms with Crippen LogP contribution in [0.1, 0.15) is 24.6 Å². The van der Waals surface area contributed by atoms with E-state index in [9.17, 15) is 9.59 Å². The second kappa shape index (κ2) is 6.91. The van der Waals surface area contributed by atoms with Gasteiger partial charge < -0.3 is 10.1 Å². The van der Waals surface area contributed by atoms with Crippen LogP contribution in [0.25, 0.3) is 11.3 Å². The molecule has 2 aromatic rings. The van der Waals surface area contributed by atoms with Crippen LogP contribution in [0.2, 0.25) is 0 Å². The average molecular weight is 330 g/mol. The molecule has 1 aliphatic carbocycles. The lowest BCUT2D eigenvalue weighted by Gasteiger charge is -2.02. The molecule has 1 amide bonds. The van der Waals surface area contributed by atoms with Crippen LogP contribution in [0, 0.1) is 5.92 Å². The zero-order valence-electron chi connectivity index (χ0n) is 12.9. The highest BCUT2D eigenvalue weighted by atomic mass is 32.1. The fraction of sp³-hybridized carbons (Fsp3) is 0.353. The van der Waals surface area contributed by atoms with Gasteiger partial charge in [0.1, 0.15) is 0 Å². The monoisotopic (exact) mass is 330 g/mol. The lowest BCUT2D eigenvalue weighted by Crippen LogP contribution is -2.12. The molecule has 0 bridgehead atoms. The molecule has 0 unspecified atom stereocenters. The number of hydrogen-bond acceptors (Lipinski definition) is 5. The van der Waals surface area contributed by atoms with Crippen LogP contribution in [-0.2, 0) is 20.7 Å². The van der Waals surface area contributed by atoms with Crippen LogP contribution in [-0.4, -0.2) is 23.5 Å². The first kappa shape index (κ1) is 15.7. The van der Waals surface area contributed by atoms with E-state index in [-0.39, 0.29) is 24.2 Å². The summed E-state index contributed by atoms with van der Waals surface area (Å²) in [5.74, 6) is -0.151. The fourth-order valence-electron chi connectivity index (χ4n) is 2.24. The molecule has 23 heavy (non-hydrogen) atoms. The Balaban J connectivity index is 1.86. The Labute approximate surface area is 138 Å². The van der Waals surface area contributed by atoms with Crippen molar-refractivity contribution in [2.45, 2.75) is 26.2 Å². The Hall–Kier alpha value is -2.21. The molecule has 5 nitrogen and oxygen atoms in total. The number of rotatable bonds is 6. The highest BCUT2D eigenvalue weighted by Gasteiger charge is 2.30.